The minimum absolute atomic E-state index is 0.0972. The number of para-hydroxylation sites is 1. The Hall–Kier alpha value is -2.82. The lowest BCUT2D eigenvalue weighted by atomic mass is 9.96. The molecule has 1 fully saturated rings. The van der Waals surface area contributed by atoms with Crippen molar-refractivity contribution in [3.8, 4) is 5.69 Å². The van der Waals surface area contributed by atoms with Crippen molar-refractivity contribution in [1.29, 1.82) is 0 Å². The monoisotopic (exact) mass is 516 g/mol. The molecule has 2 amide bonds. The molecule has 33 heavy (non-hydrogen) atoms. The van der Waals surface area contributed by atoms with E-state index < -0.39 is 5.82 Å². The number of aryl methyl sites for hydroxylation is 1. The molecule has 1 aliphatic heterocycles. The van der Waals surface area contributed by atoms with Crippen molar-refractivity contribution in [3.63, 3.8) is 0 Å². The zero-order valence-electron chi connectivity index (χ0n) is 18.5. The number of hydrogen-bond donors (Lipinski definition) is 2. The number of carbonyl (C=O) groups excluding carboxylic acids is 1. The molecule has 174 valence electrons. The first-order valence-corrected chi connectivity index (χ1v) is 11.5. The maximum absolute atomic E-state index is 13.8. The van der Waals surface area contributed by atoms with E-state index in [9.17, 15) is 9.18 Å². The van der Waals surface area contributed by atoms with Gasteiger partial charge in [-0.15, -0.1) is 0 Å². The van der Waals surface area contributed by atoms with Gasteiger partial charge in [0, 0.05) is 38.9 Å². The van der Waals surface area contributed by atoms with Gasteiger partial charge in [-0.25, -0.2) is 13.9 Å². The minimum atomic E-state index is -0.391. The van der Waals surface area contributed by atoms with Crippen LogP contribution in [-0.2, 0) is 4.74 Å². The highest BCUT2D eigenvalue weighted by molar-refractivity contribution is 9.10. The van der Waals surface area contributed by atoms with Crippen LogP contribution in [0.1, 0.15) is 17.2 Å². The van der Waals surface area contributed by atoms with Crippen LogP contribution >= 0.6 is 15.9 Å². The zero-order valence-corrected chi connectivity index (χ0v) is 20.0. The van der Waals surface area contributed by atoms with E-state index in [4.69, 9.17) is 4.74 Å². The molecule has 2 atom stereocenters. The van der Waals surface area contributed by atoms with Gasteiger partial charge in [0.15, 0.2) is 5.82 Å². The number of hydrogen-bond acceptors (Lipinski definition) is 5. The molecule has 3 heterocycles. The number of urea groups is 1. The Kier molecular flexibility index (Phi) is 7.36. The van der Waals surface area contributed by atoms with Crippen molar-refractivity contribution in [2.45, 2.75) is 18.9 Å². The second-order valence-corrected chi connectivity index (χ2v) is 8.79. The van der Waals surface area contributed by atoms with E-state index in [-0.39, 0.29) is 18.0 Å². The van der Waals surface area contributed by atoms with Gasteiger partial charge in [0.25, 0.3) is 0 Å². The van der Waals surface area contributed by atoms with Crippen molar-refractivity contribution in [1.82, 2.24) is 25.0 Å². The average Bonchev–Trinajstić information content (AvgIpc) is 3.34. The third kappa shape index (κ3) is 5.40. The van der Waals surface area contributed by atoms with Crippen molar-refractivity contribution >= 4 is 27.8 Å². The number of amides is 2. The van der Waals surface area contributed by atoms with Crippen LogP contribution in [0.15, 0.2) is 53.3 Å². The van der Waals surface area contributed by atoms with Crippen molar-refractivity contribution in [3.05, 3.63) is 70.3 Å². The molecule has 2 aromatic heterocycles. The molecule has 1 aromatic carbocycles. The Morgan fingerprint density at radius 2 is 2.06 bits per heavy atom. The fraction of sp³-hybridized carbons (Fsp3) is 0.348. The number of halogens is 2. The lowest BCUT2D eigenvalue weighted by Crippen LogP contribution is -2.42. The number of methoxy groups -OCH3 is 1. The van der Waals surface area contributed by atoms with E-state index in [1.807, 2.05) is 37.3 Å². The molecule has 10 heteroatoms. The highest BCUT2D eigenvalue weighted by Crippen LogP contribution is 2.30. The molecule has 0 radical (unpaired) electrons. The summed E-state index contributed by atoms with van der Waals surface area (Å²) in [6.45, 7) is 4.46. The van der Waals surface area contributed by atoms with Gasteiger partial charge in [0.05, 0.1) is 34.7 Å². The van der Waals surface area contributed by atoms with Crippen LogP contribution in [0, 0.1) is 12.7 Å². The summed E-state index contributed by atoms with van der Waals surface area (Å²) in [7, 11) is 1.66. The summed E-state index contributed by atoms with van der Waals surface area (Å²) in [5, 5.41) is 10.5. The summed E-state index contributed by atoms with van der Waals surface area (Å²) >= 11 is 3.54. The second kappa shape index (κ2) is 10.4. The molecule has 0 spiro atoms. The molecule has 1 aliphatic rings. The predicted molar refractivity (Wildman–Crippen MR) is 127 cm³/mol. The third-order valence-electron chi connectivity index (χ3n) is 5.70. The fourth-order valence-electron chi connectivity index (χ4n) is 4.09. The van der Waals surface area contributed by atoms with Gasteiger partial charge < -0.3 is 10.1 Å². The first-order valence-electron chi connectivity index (χ1n) is 10.7. The van der Waals surface area contributed by atoms with Crippen molar-refractivity contribution in [2.75, 3.05) is 38.7 Å². The number of ether oxygens (including phenoxy) is 1. The number of aromatic nitrogens is 3. The number of anilines is 1. The van der Waals surface area contributed by atoms with E-state index in [0.717, 1.165) is 23.5 Å². The van der Waals surface area contributed by atoms with E-state index in [1.165, 1.54) is 12.3 Å². The van der Waals surface area contributed by atoms with E-state index in [2.05, 4.69) is 41.5 Å². The molecular weight excluding hydrogens is 491 g/mol. The zero-order chi connectivity index (χ0) is 23.4. The standard InChI is InChI=1S/C23H26BrFN6O2/c1-15-21(24)22(31(29-15)18-6-4-3-5-7-18)28-23(32)27-20-14-30(8-9-33-2)13-19(20)16-10-17(25)12-26-11-16/h3-7,10-12,19-20H,8-9,13-14H2,1-2H3,(H2,27,28,32)/t19?,20-/m1/s1. The molecule has 0 bridgehead atoms. The Labute approximate surface area is 200 Å². The SMILES string of the molecule is COCCN1CC(c2cncc(F)c2)[C@H](NC(=O)Nc2c(Br)c(C)nn2-c2ccccc2)C1. The van der Waals surface area contributed by atoms with E-state index >= 15 is 0 Å². The van der Waals surface area contributed by atoms with Crippen LogP contribution < -0.4 is 10.6 Å². The van der Waals surface area contributed by atoms with Crippen molar-refractivity contribution < 1.29 is 13.9 Å². The molecule has 4 rings (SSSR count). The van der Waals surface area contributed by atoms with Gasteiger partial charge in [-0.3, -0.25) is 15.2 Å². The van der Waals surface area contributed by atoms with Gasteiger partial charge >= 0.3 is 6.03 Å². The maximum Gasteiger partial charge on any atom is 0.320 e. The summed E-state index contributed by atoms with van der Waals surface area (Å²) in [4.78, 5) is 19.2. The molecule has 3 aromatic rings. The number of pyridine rings is 1. The van der Waals surface area contributed by atoms with Crippen LogP contribution in [-0.4, -0.2) is 65.1 Å². The summed E-state index contributed by atoms with van der Waals surface area (Å²) in [6, 6.07) is 10.5. The number of nitrogens with zero attached hydrogens (tertiary/aromatic N) is 4. The number of carbonyl (C=O) groups is 1. The van der Waals surface area contributed by atoms with Gasteiger partial charge in [0.1, 0.15) is 5.82 Å². The van der Waals surface area contributed by atoms with Crippen LogP contribution in [0.2, 0.25) is 0 Å². The number of benzene rings is 1. The Bertz CT molecular complexity index is 1110. The van der Waals surface area contributed by atoms with Crippen molar-refractivity contribution in [2.24, 2.45) is 0 Å². The molecular formula is C23H26BrFN6O2. The average molecular weight is 517 g/mol. The van der Waals surface area contributed by atoms with Gasteiger partial charge in [-0.05, 0) is 46.6 Å². The quantitative estimate of drug-likeness (QED) is 0.500. The largest absolute Gasteiger partial charge is 0.383 e. The first kappa shape index (κ1) is 23.3. The topological polar surface area (TPSA) is 84.3 Å². The summed E-state index contributed by atoms with van der Waals surface area (Å²) in [5.41, 5.74) is 2.34. The normalized spacial score (nSPS) is 18.4. The van der Waals surface area contributed by atoms with Gasteiger partial charge in [-0.2, -0.15) is 5.10 Å². The minimum Gasteiger partial charge on any atom is -0.383 e. The lowest BCUT2D eigenvalue weighted by Gasteiger charge is -2.20. The summed E-state index contributed by atoms with van der Waals surface area (Å²) in [6.07, 6.45) is 2.84. The van der Waals surface area contributed by atoms with E-state index in [1.54, 1.807) is 18.0 Å². The van der Waals surface area contributed by atoms with Gasteiger partial charge in [-0.1, -0.05) is 18.2 Å². The Balaban J connectivity index is 1.53. The van der Waals surface area contributed by atoms with Crippen LogP contribution in [0.3, 0.4) is 0 Å². The lowest BCUT2D eigenvalue weighted by molar-refractivity contribution is 0.159. The highest BCUT2D eigenvalue weighted by Gasteiger charge is 2.35. The van der Waals surface area contributed by atoms with Crippen LogP contribution in [0.25, 0.3) is 5.69 Å². The molecule has 0 saturated carbocycles. The van der Waals surface area contributed by atoms with E-state index in [0.29, 0.717) is 30.0 Å². The molecule has 1 unspecified atom stereocenters. The molecule has 1 saturated heterocycles. The van der Waals surface area contributed by atoms with Gasteiger partial charge in [0.2, 0.25) is 0 Å². The molecule has 2 N–H and O–H groups in total. The highest BCUT2D eigenvalue weighted by atomic mass is 79.9. The smallest absolute Gasteiger partial charge is 0.320 e. The molecule has 8 nitrogen and oxygen atoms in total. The van der Waals surface area contributed by atoms with Crippen LogP contribution in [0.5, 0.6) is 0 Å². The first-order chi connectivity index (χ1) is 16.0. The maximum atomic E-state index is 13.8. The summed E-state index contributed by atoms with van der Waals surface area (Å²) < 4.78 is 21.4. The Morgan fingerprint density at radius 1 is 1.27 bits per heavy atom. The molecule has 0 aliphatic carbocycles. The second-order valence-electron chi connectivity index (χ2n) is 8.00. The third-order valence-corrected chi connectivity index (χ3v) is 6.65. The number of rotatable bonds is 7. The fourth-order valence-corrected chi connectivity index (χ4v) is 4.43. The summed E-state index contributed by atoms with van der Waals surface area (Å²) in [5.74, 6) is 0.0478. The number of nitrogens with one attached hydrogen (secondary N) is 2. The predicted octanol–water partition coefficient (Wildman–Crippen LogP) is 3.71. The van der Waals surface area contributed by atoms with Crippen LogP contribution in [0.4, 0.5) is 15.0 Å². The Morgan fingerprint density at radius 3 is 2.79 bits per heavy atom. The number of likely N-dealkylation sites (tertiary alicyclic amines) is 1.